The number of nitrogens with zero attached hydrogens (tertiary/aromatic N) is 4. The van der Waals surface area contributed by atoms with Crippen LogP contribution in [0.5, 0.6) is 0 Å². The minimum absolute atomic E-state index is 0.836. The van der Waals surface area contributed by atoms with E-state index in [2.05, 4.69) is 51.4 Å². The predicted octanol–water partition coefficient (Wildman–Crippen LogP) is 4.81. The highest BCUT2D eigenvalue weighted by molar-refractivity contribution is 5.86. The molecule has 0 N–H and O–H groups in total. The van der Waals surface area contributed by atoms with Crippen LogP contribution in [0.25, 0.3) is 22.4 Å². The van der Waals surface area contributed by atoms with Gasteiger partial charge in [-0.15, -0.1) is 0 Å². The third-order valence-electron chi connectivity index (χ3n) is 5.67. The first-order valence-electron chi connectivity index (χ1n) is 9.97. The molecular formula is C23H24N4O. The summed E-state index contributed by atoms with van der Waals surface area (Å²) < 4.78 is 7.66. The van der Waals surface area contributed by atoms with E-state index in [0.29, 0.717) is 0 Å². The molecule has 0 aliphatic carbocycles. The van der Waals surface area contributed by atoms with Crippen LogP contribution >= 0.6 is 0 Å². The van der Waals surface area contributed by atoms with Crippen LogP contribution in [0.3, 0.4) is 0 Å². The van der Waals surface area contributed by atoms with Gasteiger partial charge in [0, 0.05) is 48.8 Å². The monoisotopic (exact) mass is 372 g/mol. The number of hydrogen-bond acceptors (Lipinski definition) is 4. The predicted molar refractivity (Wildman–Crippen MR) is 112 cm³/mol. The highest BCUT2D eigenvalue weighted by Crippen LogP contribution is 2.32. The summed E-state index contributed by atoms with van der Waals surface area (Å²) in [6, 6.07) is 15.1. The van der Waals surface area contributed by atoms with Crippen LogP contribution in [0, 0.1) is 0 Å². The molecule has 1 aliphatic rings. The van der Waals surface area contributed by atoms with Crippen LogP contribution < -0.4 is 4.90 Å². The van der Waals surface area contributed by atoms with Crippen molar-refractivity contribution in [1.29, 1.82) is 0 Å². The zero-order valence-corrected chi connectivity index (χ0v) is 16.1. The fourth-order valence-electron chi connectivity index (χ4n) is 4.28. The van der Waals surface area contributed by atoms with Crippen molar-refractivity contribution in [3.8, 4) is 11.4 Å². The van der Waals surface area contributed by atoms with Crippen molar-refractivity contribution in [2.45, 2.75) is 25.7 Å². The molecule has 3 heterocycles. The van der Waals surface area contributed by atoms with Gasteiger partial charge in [0.15, 0.2) is 5.82 Å². The van der Waals surface area contributed by atoms with Gasteiger partial charge in [-0.3, -0.25) is 0 Å². The van der Waals surface area contributed by atoms with E-state index in [1.165, 1.54) is 36.1 Å². The topological polar surface area (TPSA) is 47.1 Å². The van der Waals surface area contributed by atoms with Crippen molar-refractivity contribution in [3.63, 3.8) is 0 Å². The van der Waals surface area contributed by atoms with Gasteiger partial charge < -0.3 is 9.32 Å². The van der Waals surface area contributed by atoms with Crippen molar-refractivity contribution >= 4 is 16.7 Å². The molecule has 0 saturated carbocycles. The van der Waals surface area contributed by atoms with Crippen LogP contribution in [0.4, 0.5) is 5.69 Å². The Bertz CT molecular complexity index is 1100. The van der Waals surface area contributed by atoms with E-state index in [1.54, 1.807) is 12.6 Å². The average molecular weight is 372 g/mol. The summed E-state index contributed by atoms with van der Waals surface area (Å²) in [5.41, 5.74) is 5.91. The zero-order chi connectivity index (χ0) is 18.9. The van der Waals surface area contributed by atoms with Gasteiger partial charge in [0.2, 0.25) is 0 Å². The van der Waals surface area contributed by atoms with Crippen LogP contribution in [0.2, 0.25) is 0 Å². The third-order valence-corrected chi connectivity index (χ3v) is 5.67. The SMILES string of the molecule is Cn1ncnc1-c1cc(Cc2ccccc2N2CCCCC2)c2occc2c1. The quantitative estimate of drug-likeness (QED) is 0.516. The van der Waals surface area contributed by atoms with Crippen LogP contribution in [0.1, 0.15) is 30.4 Å². The van der Waals surface area contributed by atoms with Crippen molar-refractivity contribution in [2.75, 3.05) is 18.0 Å². The molecule has 2 aromatic carbocycles. The molecule has 1 fully saturated rings. The first kappa shape index (κ1) is 17.0. The highest BCUT2D eigenvalue weighted by atomic mass is 16.3. The van der Waals surface area contributed by atoms with E-state index in [-0.39, 0.29) is 0 Å². The van der Waals surface area contributed by atoms with E-state index < -0.39 is 0 Å². The maximum atomic E-state index is 5.85. The molecule has 0 amide bonds. The van der Waals surface area contributed by atoms with E-state index in [9.17, 15) is 0 Å². The van der Waals surface area contributed by atoms with Gasteiger partial charge >= 0.3 is 0 Å². The number of rotatable bonds is 4. The van der Waals surface area contributed by atoms with Crippen LogP contribution in [-0.4, -0.2) is 27.9 Å². The van der Waals surface area contributed by atoms with Gasteiger partial charge in [0.05, 0.1) is 6.26 Å². The van der Waals surface area contributed by atoms with E-state index in [0.717, 1.165) is 41.9 Å². The first-order valence-corrected chi connectivity index (χ1v) is 9.97. The van der Waals surface area contributed by atoms with Gasteiger partial charge in [-0.2, -0.15) is 5.10 Å². The Hall–Kier alpha value is -3.08. The van der Waals surface area contributed by atoms with Gasteiger partial charge in [-0.05, 0) is 49.1 Å². The number of aromatic nitrogens is 3. The average Bonchev–Trinajstić information content (AvgIpc) is 3.38. The lowest BCUT2D eigenvalue weighted by Gasteiger charge is -2.30. The minimum atomic E-state index is 0.836. The second-order valence-corrected chi connectivity index (χ2v) is 7.53. The maximum absolute atomic E-state index is 5.85. The van der Waals surface area contributed by atoms with Crippen molar-refractivity contribution < 1.29 is 4.42 Å². The molecule has 1 saturated heterocycles. The fourth-order valence-corrected chi connectivity index (χ4v) is 4.28. The molecule has 28 heavy (non-hydrogen) atoms. The molecule has 0 spiro atoms. The molecule has 4 aromatic rings. The molecule has 0 unspecified atom stereocenters. The van der Waals surface area contributed by atoms with Crippen LogP contribution in [0.15, 0.2) is 59.5 Å². The summed E-state index contributed by atoms with van der Waals surface area (Å²) in [4.78, 5) is 6.96. The fraction of sp³-hybridized carbons (Fsp3) is 0.304. The number of para-hydroxylation sites is 1. The van der Waals surface area contributed by atoms with Crippen molar-refractivity contribution in [3.05, 3.63) is 66.2 Å². The van der Waals surface area contributed by atoms with E-state index in [1.807, 2.05) is 17.8 Å². The second-order valence-electron chi connectivity index (χ2n) is 7.53. The summed E-state index contributed by atoms with van der Waals surface area (Å²) in [5, 5.41) is 5.33. The van der Waals surface area contributed by atoms with Gasteiger partial charge in [0.1, 0.15) is 11.9 Å². The molecular weight excluding hydrogens is 348 g/mol. The lowest BCUT2D eigenvalue weighted by atomic mass is 9.98. The Morgan fingerprint density at radius 2 is 1.86 bits per heavy atom. The Kier molecular flexibility index (Phi) is 4.35. The number of piperidine rings is 1. The Morgan fingerprint density at radius 1 is 1.00 bits per heavy atom. The van der Waals surface area contributed by atoms with Gasteiger partial charge in [-0.25, -0.2) is 9.67 Å². The van der Waals surface area contributed by atoms with E-state index in [4.69, 9.17) is 4.42 Å². The molecule has 0 radical (unpaired) electrons. The Balaban J connectivity index is 1.57. The molecule has 0 bridgehead atoms. The second kappa shape index (κ2) is 7.15. The number of furan rings is 1. The molecule has 5 rings (SSSR count). The van der Waals surface area contributed by atoms with E-state index >= 15 is 0 Å². The molecule has 5 heteroatoms. The molecule has 142 valence electrons. The van der Waals surface area contributed by atoms with Crippen molar-refractivity contribution in [1.82, 2.24) is 14.8 Å². The molecule has 1 aliphatic heterocycles. The highest BCUT2D eigenvalue weighted by Gasteiger charge is 2.17. The van der Waals surface area contributed by atoms with Crippen molar-refractivity contribution in [2.24, 2.45) is 7.05 Å². The minimum Gasteiger partial charge on any atom is -0.464 e. The number of aryl methyl sites for hydroxylation is 1. The van der Waals surface area contributed by atoms with Gasteiger partial charge in [0.25, 0.3) is 0 Å². The van der Waals surface area contributed by atoms with Crippen LogP contribution in [-0.2, 0) is 13.5 Å². The lowest BCUT2D eigenvalue weighted by Crippen LogP contribution is -2.30. The standard InChI is InChI=1S/C23H24N4O/c1-26-23(24-16-25-26)20-14-18-9-12-28-22(18)19(15-20)13-17-7-3-4-8-21(17)27-10-5-2-6-11-27/h3-4,7-9,12,14-16H,2,5-6,10-11,13H2,1H3. The smallest absolute Gasteiger partial charge is 0.157 e. The zero-order valence-electron chi connectivity index (χ0n) is 16.1. The summed E-state index contributed by atoms with van der Waals surface area (Å²) in [7, 11) is 1.92. The summed E-state index contributed by atoms with van der Waals surface area (Å²) in [5.74, 6) is 0.869. The maximum Gasteiger partial charge on any atom is 0.157 e. The number of anilines is 1. The molecule has 0 atom stereocenters. The number of fused-ring (bicyclic) bond motifs is 1. The van der Waals surface area contributed by atoms with Gasteiger partial charge in [-0.1, -0.05) is 18.2 Å². The number of benzene rings is 2. The summed E-state index contributed by atoms with van der Waals surface area (Å²) in [6.07, 6.45) is 8.09. The number of hydrogen-bond donors (Lipinski definition) is 0. The third kappa shape index (κ3) is 3.07. The lowest BCUT2D eigenvalue weighted by molar-refractivity contribution is 0.576. The normalized spacial score (nSPS) is 14.7. The summed E-state index contributed by atoms with van der Waals surface area (Å²) >= 11 is 0. The molecule has 5 nitrogen and oxygen atoms in total. The Labute approximate surface area is 164 Å². The molecule has 2 aromatic heterocycles. The first-order chi connectivity index (χ1) is 13.8. The largest absolute Gasteiger partial charge is 0.464 e. The summed E-state index contributed by atoms with van der Waals surface area (Å²) in [6.45, 7) is 2.29. The Morgan fingerprint density at radius 3 is 2.68 bits per heavy atom.